The topological polar surface area (TPSA) is 54.4 Å². The Bertz CT molecular complexity index is 911. The zero-order valence-electron chi connectivity index (χ0n) is 17.5. The minimum absolute atomic E-state index is 0.112. The van der Waals surface area contributed by atoms with E-state index in [0.29, 0.717) is 5.39 Å². The zero-order valence-corrected chi connectivity index (χ0v) is 18.3. The van der Waals surface area contributed by atoms with Gasteiger partial charge in [-0.15, -0.1) is 0 Å². The van der Waals surface area contributed by atoms with Gasteiger partial charge in [0.25, 0.3) is 10.1 Å². The number of aryl methyl sites for hydroxylation is 3. The standard InChI is InChI=1S/C23H34O3S/c1-6-10-17-14-15-21-22(19(17)12-8-3)20(13-9-4)18(11-7-2)16(5)23(21)27(24,25)26/h14-15H,6-13H2,1-5H3,(H,24,25,26). The Balaban J connectivity index is 3.11. The van der Waals surface area contributed by atoms with E-state index in [2.05, 4.69) is 33.8 Å². The van der Waals surface area contributed by atoms with E-state index in [1.165, 1.54) is 16.7 Å². The summed E-state index contributed by atoms with van der Waals surface area (Å²) in [4.78, 5) is 0.112. The van der Waals surface area contributed by atoms with Gasteiger partial charge in [-0.25, -0.2) is 0 Å². The van der Waals surface area contributed by atoms with Crippen LogP contribution in [0.3, 0.4) is 0 Å². The van der Waals surface area contributed by atoms with E-state index in [4.69, 9.17) is 0 Å². The van der Waals surface area contributed by atoms with Crippen LogP contribution in [0.4, 0.5) is 0 Å². The Morgan fingerprint density at radius 1 is 0.778 bits per heavy atom. The summed E-state index contributed by atoms with van der Waals surface area (Å²) in [5.74, 6) is 0. The van der Waals surface area contributed by atoms with E-state index in [0.717, 1.165) is 67.9 Å². The molecule has 2 rings (SSSR count). The summed E-state index contributed by atoms with van der Waals surface area (Å²) in [6, 6.07) is 3.99. The third-order valence-electron chi connectivity index (χ3n) is 5.39. The smallest absolute Gasteiger partial charge is 0.282 e. The van der Waals surface area contributed by atoms with Crippen molar-refractivity contribution in [2.24, 2.45) is 0 Å². The first kappa shape index (κ1) is 21.9. The first-order chi connectivity index (χ1) is 12.8. The summed E-state index contributed by atoms with van der Waals surface area (Å²) >= 11 is 0. The summed E-state index contributed by atoms with van der Waals surface area (Å²) in [6.07, 6.45) is 7.74. The Morgan fingerprint density at radius 2 is 1.30 bits per heavy atom. The number of fused-ring (bicyclic) bond motifs is 1. The molecule has 150 valence electrons. The lowest BCUT2D eigenvalue weighted by Gasteiger charge is -2.23. The highest BCUT2D eigenvalue weighted by Gasteiger charge is 2.25. The third kappa shape index (κ3) is 4.38. The molecule has 0 saturated carbocycles. The van der Waals surface area contributed by atoms with Gasteiger partial charge in [0, 0.05) is 5.39 Å². The van der Waals surface area contributed by atoms with Crippen molar-refractivity contribution in [3.05, 3.63) is 39.9 Å². The average molecular weight is 391 g/mol. The molecule has 2 aromatic rings. The van der Waals surface area contributed by atoms with Crippen molar-refractivity contribution in [1.29, 1.82) is 0 Å². The molecule has 0 fully saturated rings. The predicted molar refractivity (Wildman–Crippen MR) is 114 cm³/mol. The molecule has 0 bridgehead atoms. The molecule has 0 aliphatic carbocycles. The molecule has 0 heterocycles. The quantitative estimate of drug-likeness (QED) is 0.518. The van der Waals surface area contributed by atoms with Gasteiger partial charge in [0.1, 0.15) is 4.90 Å². The van der Waals surface area contributed by atoms with Crippen molar-refractivity contribution >= 4 is 20.9 Å². The lowest BCUT2D eigenvalue weighted by atomic mass is 9.84. The van der Waals surface area contributed by atoms with Gasteiger partial charge in [0.05, 0.1) is 0 Å². The van der Waals surface area contributed by atoms with E-state index in [9.17, 15) is 13.0 Å². The lowest BCUT2D eigenvalue weighted by Crippen LogP contribution is -2.11. The van der Waals surface area contributed by atoms with E-state index in [1.807, 2.05) is 13.0 Å². The Morgan fingerprint density at radius 3 is 1.81 bits per heavy atom. The van der Waals surface area contributed by atoms with Gasteiger partial charge < -0.3 is 0 Å². The van der Waals surface area contributed by atoms with E-state index in [1.54, 1.807) is 0 Å². The highest BCUT2D eigenvalue weighted by atomic mass is 32.2. The molecule has 4 heteroatoms. The zero-order chi connectivity index (χ0) is 20.2. The molecule has 3 nitrogen and oxygen atoms in total. The minimum Gasteiger partial charge on any atom is -0.282 e. The van der Waals surface area contributed by atoms with Crippen LogP contribution >= 0.6 is 0 Å². The fraction of sp³-hybridized carbons (Fsp3) is 0.565. The van der Waals surface area contributed by atoms with Gasteiger partial charge in [0.15, 0.2) is 0 Å². The Kier molecular flexibility index (Phi) is 7.47. The van der Waals surface area contributed by atoms with Crippen LogP contribution in [0, 0.1) is 6.92 Å². The van der Waals surface area contributed by atoms with Crippen molar-refractivity contribution in [3.63, 3.8) is 0 Å². The van der Waals surface area contributed by atoms with Crippen molar-refractivity contribution in [2.75, 3.05) is 0 Å². The number of benzene rings is 2. The molecule has 1 N–H and O–H groups in total. The second-order valence-corrected chi connectivity index (χ2v) is 8.87. The normalized spacial score (nSPS) is 12.1. The van der Waals surface area contributed by atoms with Crippen LogP contribution in [-0.4, -0.2) is 13.0 Å². The molecule has 2 aromatic carbocycles. The monoisotopic (exact) mass is 390 g/mol. The second-order valence-electron chi connectivity index (χ2n) is 7.51. The van der Waals surface area contributed by atoms with Gasteiger partial charge in [0.2, 0.25) is 0 Å². The lowest BCUT2D eigenvalue weighted by molar-refractivity contribution is 0.483. The Hall–Kier alpha value is -1.39. The number of rotatable bonds is 9. The molecular formula is C23H34O3S. The van der Waals surface area contributed by atoms with E-state index < -0.39 is 10.1 Å². The summed E-state index contributed by atoms with van der Waals surface area (Å²) in [6.45, 7) is 10.5. The average Bonchev–Trinajstić information content (AvgIpc) is 2.59. The van der Waals surface area contributed by atoms with Gasteiger partial charge in [-0.05, 0) is 65.8 Å². The van der Waals surface area contributed by atoms with Gasteiger partial charge in [-0.3, -0.25) is 4.55 Å². The van der Waals surface area contributed by atoms with Gasteiger partial charge in [-0.1, -0.05) is 65.5 Å². The van der Waals surface area contributed by atoms with Crippen molar-refractivity contribution in [3.8, 4) is 0 Å². The first-order valence-electron chi connectivity index (χ1n) is 10.4. The molecule has 0 unspecified atom stereocenters. The first-order valence-corrected chi connectivity index (χ1v) is 11.8. The van der Waals surface area contributed by atoms with Crippen molar-refractivity contribution < 1.29 is 13.0 Å². The SMILES string of the molecule is CCCc1ccc2c(S(=O)(=O)O)c(C)c(CCC)c(CCC)c2c1CCC. The van der Waals surface area contributed by atoms with Crippen LogP contribution in [0.25, 0.3) is 10.8 Å². The highest BCUT2D eigenvalue weighted by molar-refractivity contribution is 7.86. The molecule has 0 aromatic heterocycles. The summed E-state index contributed by atoms with van der Waals surface area (Å²) in [7, 11) is -4.29. The summed E-state index contributed by atoms with van der Waals surface area (Å²) in [5.41, 5.74) is 5.73. The fourth-order valence-corrected chi connectivity index (χ4v) is 5.39. The van der Waals surface area contributed by atoms with E-state index >= 15 is 0 Å². The van der Waals surface area contributed by atoms with Crippen LogP contribution in [0.1, 0.15) is 81.2 Å². The third-order valence-corrected chi connectivity index (χ3v) is 6.43. The van der Waals surface area contributed by atoms with Crippen molar-refractivity contribution in [1.82, 2.24) is 0 Å². The van der Waals surface area contributed by atoms with Crippen LogP contribution in [0.5, 0.6) is 0 Å². The molecule has 0 radical (unpaired) electrons. The minimum atomic E-state index is -4.29. The van der Waals surface area contributed by atoms with Crippen LogP contribution in [0.15, 0.2) is 17.0 Å². The summed E-state index contributed by atoms with van der Waals surface area (Å²) < 4.78 is 34.7. The van der Waals surface area contributed by atoms with Crippen LogP contribution < -0.4 is 0 Å². The maximum atomic E-state index is 12.3. The molecule has 0 spiro atoms. The van der Waals surface area contributed by atoms with Gasteiger partial charge in [-0.2, -0.15) is 8.42 Å². The van der Waals surface area contributed by atoms with Gasteiger partial charge >= 0.3 is 0 Å². The maximum absolute atomic E-state index is 12.3. The number of hydrogen-bond acceptors (Lipinski definition) is 2. The molecular weight excluding hydrogens is 356 g/mol. The molecule has 0 amide bonds. The van der Waals surface area contributed by atoms with Crippen LogP contribution in [-0.2, 0) is 35.8 Å². The van der Waals surface area contributed by atoms with Crippen molar-refractivity contribution in [2.45, 2.75) is 90.9 Å². The molecule has 27 heavy (non-hydrogen) atoms. The molecule has 0 aliphatic rings. The molecule has 0 saturated heterocycles. The maximum Gasteiger partial charge on any atom is 0.295 e. The number of hydrogen-bond donors (Lipinski definition) is 1. The molecule has 0 aliphatic heterocycles. The fourth-order valence-electron chi connectivity index (χ4n) is 4.43. The Labute approximate surface area is 164 Å². The summed E-state index contributed by atoms with van der Waals surface area (Å²) in [5, 5.41) is 1.79. The molecule has 0 atom stereocenters. The highest BCUT2D eigenvalue weighted by Crippen LogP contribution is 2.38. The van der Waals surface area contributed by atoms with Crippen LogP contribution in [0.2, 0.25) is 0 Å². The second kappa shape index (κ2) is 9.20. The predicted octanol–water partition coefficient (Wildman–Crippen LogP) is 6.20. The largest absolute Gasteiger partial charge is 0.295 e. The van der Waals surface area contributed by atoms with E-state index in [-0.39, 0.29) is 4.90 Å².